The van der Waals surface area contributed by atoms with Crippen LogP contribution < -0.4 is 5.56 Å². The van der Waals surface area contributed by atoms with E-state index in [4.69, 9.17) is 0 Å². The summed E-state index contributed by atoms with van der Waals surface area (Å²) in [6.45, 7) is 2.46. The number of rotatable bonds is 2. The Balaban J connectivity index is 2.02. The quantitative estimate of drug-likeness (QED) is 0.744. The predicted molar refractivity (Wildman–Crippen MR) is 70.6 cm³/mol. The maximum absolute atomic E-state index is 12.1. The minimum Gasteiger partial charge on any atom is -0.295 e. The van der Waals surface area contributed by atoms with Gasteiger partial charge in [0.1, 0.15) is 0 Å². The molecule has 0 aliphatic rings. The fourth-order valence-corrected chi connectivity index (χ4v) is 1.99. The summed E-state index contributed by atoms with van der Waals surface area (Å²) in [5, 5.41) is 3.82. The van der Waals surface area contributed by atoms with Gasteiger partial charge in [0.25, 0.3) is 5.56 Å². The topological polar surface area (TPSA) is 50.7 Å². The number of benzene rings is 1. The van der Waals surface area contributed by atoms with Gasteiger partial charge in [-0.25, -0.2) is 4.68 Å². The number of hydrogen-bond donors (Lipinski definition) is 1. The average molecular weight is 239 g/mol. The lowest BCUT2D eigenvalue weighted by Gasteiger charge is -2.01. The third-order valence-corrected chi connectivity index (χ3v) is 2.97. The molecule has 0 bridgehead atoms. The summed E-state index contributed by atoms with van der Waals surface area (Å²) in [6.07, 6.45) is 1.80. The van der Waals surface area contributed by atoms with Crippen molar-refractivity contribution in [2.24, 2.45) is 0 Å². The number of H-pyrrole nitrogens is 1. The SMILES string of the molecule is Cc1ccc(Cn2[nH]c3ccccc3c2=O)cn1. The van der Waals surface area contributed by atoms with E-state index in [1.807, 2.05) is 43.3 Å². The van der Waals surface area contributed by atoms with E-state index in [0.29, 0.717) is 6.54 Å². The van der Waals surface area contributed by atoms with Crippen molar-refractivity contribution >= 4 is 10.9 Å². The molecule has 1 N–H and O–H groups in total. The second-order valence-corrected chi connectivity index (χ2v) is 4.36. The molecule has 3 aromatic rings. The highest BCUT2D eigenvalue weighted by Crippen LogP contribution is 2.07. The van der Waals surface area contributed by atoms with Crippen LogP contribution in [0.15, 0.2) is 47.4 Å². The minimum atomic E-state index is 0.00572. The van der Waals surface area contributed by atoms with Gasteiger partial charge in [-0.2, -0.15) is 0 Å². The first-order valence-corrected chi connectivity index (χ1v) is 5.83. The predicted octanol–water partition coefficient (Wildman–Crippen LogP) is 2.08. The molecular weight excluding hydrogens is 226 g/mol. The number of aromatic nitrogens is 3. The van der Waals surface area contributed by atoms with Gasteiger partial charge in [-0.05, 0) is 30.7 Å². The lowest BCUT2D eigenvalue weighted by Crippen LogP contribution is -2.17. The summed E-state index contributed by atoms with van der Waals surface area (Å²) in [7, 11) is 0. The summed E-state index contributed by atoms with van der Waals surface area (Å²) in [5.41, 5.74) is 2.85. The van der Waals surface area contributed by atoms with Crippen LogP contribution in [-0.2, 0) is 6.54 Å². The molecule has 0 spiro atoms. The van der Waals surface area contributed by atoms with Crippen LogP contribution in [0.5, 0.6) is 0 Å². The molecule has 0 aliphatic carbocycles. The van der Waals surface area contributed by atoms with E-state index < -0.39 is 0 Å². The molecule has 0 fully saturated rings. The van der Waals surface area contributed by atoms with E-state index in [1.165, 1.54) is 0 Å². The van der Waals surface area contributed by atoms with Crippen LogP contribution >= 0.6 is 0 Å². The molecule has 0 radical (unpaired) electrons. The first-order chi connectivity index (χ1) is 8.74. The third kappa shape index (κ3) is 1.82. The first kappa shape index (κ1) is 10.8. The van der Waals surface area contributed by atoms with Crippen molar-refractivity contribution in [1.29, 1.82) is 0 Å². The lowest BCUT2D eigenvalue weighted by molar-refractivity contribution is 0.670. The summed E-state index contributed by atoms with van der Waals surface area (Å²) in [5.74, 6) is 0. The van der Waals surface area contributed by atoms with Gasteiger partial charge in [-0.15, -0.1) is 0 Å². The van der Waals surface area contributed by atoms with E-state index in [9.17, 15) is 4.79 Å². The Kier molecular flexibility index (Phi) is 2.48. The highest BCUT2D eigenvalue weighted by atomic mass is 16.1. The monoisotopic (exact) mass is 239 g/mol. The Labute approximate surface area is 104 Å². The van der Waals surface area contributed by atoms with Crippen LogP contribution in [0.25, 0.3) is 10.9 Å². The Hall–Kier alpha value is -2.36. The number of hydrogen-bond acceptors (Lipinski definition) is 2. The van der Waals surface area contributed by atoms with Crippen molar-refractivity contribution in [3.05, 3.63) is 64.2 Å². The smallest absolute Gasteiger partial charge is 0.274 e. The van der Waals surface area contributed by atoms with Gasteiger partial charge in [-0.1, -0.05) is 18.2 Å². The van der Waals surface area contributed by atoms with E-state index in [2.05, 4.69) is 10.1 Å². The zero-order chi connectivity index (χ0) is 12.5. The molecule has 0 saturated carbocycles. The standard InChI is InChI=1S/C14H13N3O/c1-10-6-7-11(8-15-10)9-17-14(18)12-4-2-3-5-13(12)16-17/h2-8,16H,9H2,1H3. The molecule has 4 heteroatoms. The van der Waals surface area contributed by atoms with Crippen molar-refractivity contribution in [2.75, 3.05) is 0 Å². The molecule has 2 aromatic heterocycles. The summed E-state index contributed by atoms with van der Waals surface area (Å²) >= 11 is 0. The number of aromatic amines is 1. The second kappa shape index (κ2) is 4.14. The Morgan fingerprint density at radius 1 is 1.22 bits per heavy atom. The zero-order valence-corrected chi connectivity index (χ0v) is 10.1. The Morgan fingerprint density at radius 2 is 2.06 bits per heavy atom. The van der Waals surface area contributed by atoms with Crippen molar-refractivity contribution < 1.29 is 0 Å². The third-order valence-electron chi connectivity index (χ3n) is 2.97. The minimum absolute atomic E-state index is 0.00572. The van der Waals surface area contributed by atoms with Gasteiger partial charge >= 0.3 is 0 Å². The van der Waals surface area contributed by atoms with Crippen LogP contribution in [0.1, 0.15) is 11.3 Å². The first-order valence-electron chi connectivity index (χ1n) is 5.83. The van der Waals surface area contributed by atoms with Crippen LogP contribution in [-0.4, -0.2) is 14.8 Å². The van der Waals surface area contributed by atoms with Gasteiger partial charge < -0.3 is 0 Å². The number of pyridine rings is 1. The largest absolute Gasteiger partial charge is 0.295 e. The molecule has 90 valence electrons. The fourth-order valence-electron chi connectivity index (χ4n) is 1.99. The molecule has 18 heavy (non-hydrogen) atoms. The molecule has 0 saturated heterocycles. The normalized spacial score (nSPS) is 10.9. The number of fused-ring (bicyclic) bond motifs is 1. The molecule has 1 aromatic carbocycles. The van der Waals surface area contributed by atoms with Gasteiger partial charge in [0.15, 0.2) is 0 Å². The van der Waals surface area contributed by atoms with Gasteiger partial charge in [-0.3, -0.25) is 14.9 Å². The Morgan fingerprint density at radius 3 is 2.78 bits per heavy atom. The molecule has 2 heterocycles. The molecule has 0 unspecified atom stereocenters. The van der Waals surface area contributed by atoms with Crippen LogP contribution in [0.4, 0.5) is 0 Å². The van der Waals surface area contributed by atoms with Crippen LogP contribution in [0.3, 0.4) is 0 Å². The molecule has 0 atom stereocenters. The number of nitrogens with one attached hydrogen (secondary N) is 1. The van der Waals surface area contributed by atoms with E-state index in [1.54, 1.807) is 10.9 Å². The van der Waals surface area contributed by atoms with E-state index >= 15 is 0 Å². The summed E-state index contributed by atoms with van der Waals surface area (Å²) in [4.78, 5) is 16.3. The molecule has 4 nitrogen and oxygen atoms in total. The molecule has 0 aliphatic heterocycles. The zero-order valence-electron chi connectivity index (χ0n) is 10.1. The van der Waals surface area contributed by atoms with Gasteiger partial charge in [0.2, 0.25) is 0 Å². The van der Waals surface area contributed by atoms with E-state index in [0.717, 1.165) is 22.2 Å². The number of aryl methyl sites for hydroxylation is 1. The highest BCUT2D eigenvalue weighted by Gasteiger charge is 2.05. The van der Waals surface area contributed by atoms with Crippen molar-refractivity contribution in [1.82, 2.24) is 14.8 Å². The molecular formula is C14H13N3O. The fraction of sp³-hybridized carbons (Fsp3) is 0.143. The number of para-hydroxylation sites is 1. The van der Waals surface area contributed by atoms with Crippen LogP contribution in [0, 0.1) is 6.92 Å². The molecule has 0 amide bonds. The van der Waals surface area contributed by atoms with Crippen LogP contribution in [0.2, 0.25) is 0 Å². The van der Waals surface area contributed by atoms with Crippen molar-refractivity contribution in [3.63, 3.8) is 0 Å². The van der Waals surface area contributed by atoms with E-state index in [-0.39, 0.29) is 5.56 Å². The number of nitrogens with zero attached hydrogens (tertiary/aromatic N) is 2. The summed E-state index contributed by atoms with van der Waals surface area (Å²) in [6, 6.07) is 11.5. The van der Waals surface area contributed by atoms with Gasteiger partial charge in [0, 0.05) is 11.9 Å². The maximum atomic E-state index is 12.1. The van der Waals surface area contributed by atoms with Crippen molar-refractivity contribution in [3.8, 4) is 0 Å². The molecule has 3 rings (SSSR count). The average Bonchev–Trinajstić information content (AvgIpc) is 2.70. The lowest BCUT2D eigenvalue weighted by atomic mass is 10.2. The highest BCUT2D eigenvalue weighted by molar-refractivity contribution is 5.77. The summed E-state index contributed by atoms with van der Waals surface area (Å²) < 4.78 is 1.61. The second-order valence-electron chi connectivity index (χ2n) is 4.36. The maximum Gasteiger partial charge on any atom is 0.274 e. The Bertz CT molecular complexity index is 738. The van der Waals surface area contributed by atoms with Crippen molar-refractivity contribution in [2.45, 2.75) is 13.5 Å². The van der Waals surface area contributed by atoms with Gasteiger partial charge in [0.05, 0.1) is 17.4 Å².